The minimum absolute atomic E-state index is 0.334. The van der Waals surface area contributed by atoms with Crippen molar-refractivity contribution in [3.8, 4) is 0 Å². The van der Waals surface area contributed by atoms with E-state index in [4.69, 9.17) is 4.74 Å². The van der Waals surface area contributed by atoms with Crippen LogP contribution in [0.15, 0.2) is 28.6 Å². The van der Waals surface area contributed by atoms with Crippen LogP contribution in [0.2, 0.25) is 0 Å². The molecule has 2 heterocycles. The van der Waals surface area contributed by atoms with Crippen LogP contribution in [-0.4, -0.2) is 29.5 Å². The monoisotopic (exact) mass is 347 g/mol. The number of thioether (sulfide) groups is 1. The van der Waals surface area contributed by atoms with Gasteiger partial charge in [-0.25, -0.2) is 0 Å². The Labute approximate surface area is 145 Å². The van der Waals surface area contributed by atoms with Crippen molar-refractivity contribution in [2.24, 2.45) is 0 Å². The molecule has 1 N–H and O–H groups in total. The number of nitrogens with one attached hydrogen (secondary N) is 1. The fraction of sp³-hybridized carbons (Fsp3) is 0.529. The van der Waals surface area contributed by atoms with Crippen LogP contribution in [0, 0.1) is 0 Å². The van der Waals surface area contributed by atoms with E-state index >= 15 is 0 Å². The number of aryl methyl sites for hydroxylation is 1. The second-order valence-electron chi connectivity index (χ2n) is 6.09. The summed E-state index contributed by atoms with van der Waals surface area (Å²) >= 11 is 3.52. The maximum Gasteiger partial charge on any atom is 0.206 e. The summed E-state index contributed by atoms with van der Waals surface area (Å²) < 4.78 is 6.69. The minimum atomic E-state index is 0.334. The van der Waals surface area contributed by atoms with Gasteiger partial charge in [0.15, 0.2) is 4.34 Å². The Kier molecular flexibility index (Phi) is 4.82. The minimum Gasteiger partial charge on any atom is -0.376 e. The van der Waals surface area contributed by atoms with Gasteiger partial charge >= 0.3 is 0 Å². The summed E-state index contributed by atoms with van der Waals surface area (Å²) in [6, 6.07) is 8.82. The summed E-state index contributed by atoms with van der Waals surface area (Å²) in [5, 5.41) is 13.4. The lowest BCUT2D eigenvalue weighted by Gasteiger charge is -2.23. The Morgan fingerprint density at radius 2 is 2.17 bits per heavy atom. The first-order valence-corrected chi connectivity index (χ1v) is 10.0. The number of hydrogen-bond donors (Lipinski definition) is 1. The molecule has 0 radical (unpaired) electrons. The van der Waals surface area contributed by atoms with E-state index in [1.165, 1.54) is 36.8 Å². The molecule has 1 aromatic heterocycles. The average molecular weight is 348 g/mol. The molecule has 2 aromatic rings. The Morgan fingerprint density at radius 1 is 1.22 bits per heavy atom. The average Bonchev–Trinajstić information content (AvgIpc) is 3.25. The third-order valence-electron chi connectivity index (χ3n) is 4.47. The van der Waals surface area contributed by atoms with Gasteiger partial charge < -0.3 is 10.1 Å². The number of hydrogen-bond acceptors (Lipinski definition) is 6. The second-order valence-corrected chi connectivity index (χ2v) is 8.51. The molecule has 122 valence electrons. The van der Waals surface area contributed by atoms with Crippen molar-refractivity contribution in [3.63, 3.8) is 0 Å². The quantitative estimate of drug-likeness (QED) is 0.874. The molecular formula is C17H21N3OS2. The highest BCUT2D eigenvalue weighted by Crippen LogP contribution is 2.44. The largest absolute Gasteiger partial charge is 0.376 e. The molecule has 0 saturated carbocycles. The number of benzene rings is 1. The Balaban J connectivity index is 1.38. The van der Waals surface area contributed by atoms with Gasteiger partial charge in [0.1, 0.15) is 0 Å². The molecule has 2 atom stereocenters. The number of rotatable bonds is 5. The van der Waals surface area contributed by atoms with Crippen LogP contribution in [-0.2, 0) is 11.2 Å². The molecule has 0 amide bonds. The van der Waals surface area contributed by atoms with Gasteiger partial charge in [-0.3, -0.25) is 0 Å². The highest BCUT2D eigenvalue weighted by Gasteiger charge is 2.22. The third-order valence-corrected chi connectivity index (χ3v) is 6.74. The Morgan fingerprint density at radius 3 is 3.09 bits per heavy atom. The topological polar surface area (TPSA) is 47.0 Å². The molecule has 0 bridgehead atoms. The van der Waals surface area contributed by atoms with Crippen molar-refractivity contribution in [1.29, 1.82) is 0 Å². The molecule has 6 heteroatoms. The van der Waals surface area contributed by atoms with E-state index in [0.29, 0.717) is 11.4 Å². The van der Waals surface area contributed by atoms with E-state index in [1.807, 2.05) is 11.8 Å². The SMILES string of the molecule is c1ccc2c(c1)CCC[C@H]2Sc1nnc(NC[C@@H]2CCCO2)s1. The van der Waals surface area contributed by atoms with Crippen LogP contribution in [0.5, 0.6) is 0 Å². The molecule has 2 aliphatic rings. The number of ether oxygens (including phenoxy) is 1. The summed E-state index contributed by atoms with van der Waals surface area (Å²) in [5.74, 6) is 0. The van der Waals surface area contributed by atoms with Crippen LogP contribution in [0.4, 0.5) is 5.13 Å². The number of anilines is 1. The normalized spacial score (nSPS) is 23.7. The van der Waals surface area contributed by atoms with E-state index in [9.17, 15) is 0 Å². The zero-order valence-corrected chi connectivity index (χ0v) is 14.7. The van der Waals surface area contributed by atoms with Gasteiger partial charge in [0, 0.05) is 18.4 Å². The molecule has 1 aliphatic carbocycles. The molecule has 23 heavy (non-hydrogen) atoms. The van der Waals surface area contributed by atoms with Crippen molar-refractivity contribution in [2.45, 2.75) is 47.8 Å². The van der Waals surface area contributed by atoms with Crippen LogP contribution in [0.1, 0.15) is 42.1 Å². The Bertz CT molecular complexity index is 655. The van der Waals surface area contributed by atoms with Crippen molar-refractivity contribution in [3.05, 3.63) is 35.4 Å². The molecule has 1 aliphatic heterocycles. The highest BCUT2D eigenvalue weighted by atomic mass is 32.2. The maximum atomic E-state index is 5.63. The molecule has 1 fully saturated rings. The summed E-state index contributed by atoms with van der Waals surface area (Å²) in [6.45, 7) is 1.73. The highest BCUT2D eigenvalue weighted by molar-refractivity contribution is 8.01. The molecular weight excluding hydrogens is 326 g/mol. The van der Waals surface area contributed by atoms with Crippen LogP contribution < -0.4 is 5.32 Å². The van der Waals surface area contributed by atoms with Crippen molar-refractivity contribution < 1.29 is 4.74 Å². The summed E-state index contributed by atoms with van der Waals surface area (Å²) in [7, 11) is 0. The van der Waals surface area contributed by atoms with Crippen molar-refractivity contribution >= 4 is 28.2 Å². The number of fused-ring (bicyclic) bond motifs is 1. The summed E-state index contributed by atoms with van der Waals surface area (Å²) in [6.07, 6.45) is 6.34. The fourth-order valence-electron chi connectivity index (χ4n) is 3.29. The predicted molar refractivity (Wildman–Crippen MR) is 95.4 cm³/mol. The van der Waals surface area contributed by atoms with Gasteiger partial charge in [0.05, 0.1) is 6.10 Å². The molecule has 0 unspecified atom stereocenters. The summed E-state index contributed by atoms with van der Waals surface area (Å²) in [5.41, 5.74) is 2.98. The fourth-order valence-corrected chi connectivity index (χ4v) is 5.52. The number of nitrogens with zero attached hydrogens (tertiary/aromatic N) is 2. The van der Waals surface area contributed by atoms with E-state index in [1.54, 1.807) is 11.3 Å². The molecule has 1 aromatic carbocycles. The van der Waals surface area contributed by atoms with Gasteiger partial charge in [-0.15, -0.1) is 10.2 Å². The van der Waals surface area contributed by atoms with Gasteiger partial charge in [-0.1, -0.05) is 47.4 Å². The van der Waals surface area contributed by atoms with Gasteiger partial charge in [-0.05, 0) is 43.2 Å². The van der Waals surface area contributed by atoms with Crippen molar-refractivity contribution in [2.75, 3.05) is 18.5 Å². The predicted octanol–water partition coefficient (Wildman–Crippen LogP) is 4.30. The van der Waals surface area contributed by atoms with Crippen LogP contribution in [0.3, 0.4) is 0 Å². The first-order chi connectivity index (χ1) is 11.4. The van der Waals surface area contributed by atoms with Crippen LogP contribution >= 0.6 is 23.1 Å². The van der Waals surface area contributed by atoms with E-state index in [2.05, 4.69) is 39.8 Å². The zero-order chi connectivity index (χ0) is 15.5. The van der Waals surface area contributed by atoms with Gasteiger partial charge in [-0.2, -0.15) is 0 Å². The zero-order valence-electron chi connectivity index (χ0n) is 13.0. The molecule has 4 rings (SSSR count). The van der Waals surface area contributed by atoms with Gasteiger partial charge in [0.25, 0.3) is 0 Å². The molecule has 1 saturated heterocycles. The standard InChI is InChI=1S/C17H21N3OS2/c1-2-8-14-12(5-1)6-3-9-15(14)22-17-20-19-16(23-17)18-11-13-7-4-10-21-13/h1-2,5,8,13,15H,3-4,6-7,9-11H2,(H,18,19)/t13-,15+/m0/s1. The second kappa shape index (κ2) is 7.20. The van der Waals surface area contributed by atoms with E-state index in [0.717, 1.165) is 29.0 Å². The molecule has 0 spiro atoms. The van der Waals surface area contributed by atoms with E-state index < -0.39 is 0 Å². The lowest BCUT2D eigenvalue weighted by atomic mass is 9.91. The maximum absolute atomic E-state index is 5.63. The van der Waals surface area contributed by atoms with Crippen LogP contribution in [0.25, 0.3) is 0 Å². The lowest BCUT2D eigenvalue weighted by Crippen LogP contribution is -2.18. The first kappa shape index (κ1) is 15.4. The smallest absolute Gasteiger partial charge is 0.206 e. The molecule has 4 nitrogen and oxygen atoms in total. The third kappa shape index (κ3) is 3.70. The Hall–Kier alpha value is -1.11. The summed E-state index contributed by atoms with van der Waals surface area (Å²) in [4.78, 5) is 0. The van der Waals surface area contributed by atoms with Crippen molar-refractivity contribution in [1.82, 2.24) is 10.2 Å². The first-order valence-electron chi connectivity index (χ1n) is 8.32. The van der Waals surface area contributed by atoms with Gasteiger partial charge in [0.2, 0.25) is 5.13 Å². The van der Waals surface area contributed by atoms with E-state index in [-0.39, 0.29) is 0 Å². The lowest BCUT2D eigenvalue weighted by molar-refractivity contribution is 0.120. The number of aromatic nitrogens is 2.